The molecule has 0 aliphatic heterocycles. The number of benzene rings is 3. The van der Waals surface area contributed by atoms with E-state index in [1.165, 1.54) is 5.56 Å². The molecule has 0 atom stereocenters. The van der Waals surface area contributed by atoms with E-state index in [-0.39, 0.29) is 11.3 Å². The fraction of sp³-hybridized carbons (Fsp3) is 0.333. The molecule has 0 spiro atoms. The number of rotatable bonds is 10. The van der Waals surface area contributed by atoms with Crippen molar-refractivity contribution in [1.82, 2.24) is 14.9 Å². The van der Waals surface area contributed by atoms with E-state index in [0.717, 1.165) is 42.0 Å². The van der Waals surface area contributed by atoms with Crippen molar-refractivity contribution in [2.75, 3.05) is 13.7 Å². The van der Waals surface area contributed by atoms with Crippen molar-refractivity contribution in [3.63, 3.8) is 0 Å². The summed E-state index contributed by atoms with van der Waals surface area (Å²) in [5, 5.41) is 3.00. The van der Waals surface area contributed by atoms with Crippen LogP contribution in [0.25, 0.3) is 11.0 Å². The van der Waals surface area contributed by atoms with Gasteiger partial charge in [-0.2, -0.15) is 0 Å². The number of hydrogen-bond acceptors (Lipinski definition) is 4. The average molecular weight is 486 g/mol. The van der Waals surface area contributed by atoms with Crippen LogP contribution in [0, 0.1) is 0 Å². The molecule has 0 aliphatic carbocycles. The van der Waals surface area contributed by atoms with Crippen LogP contribution in [-0.4, -0.2) is 29.2 Å². The van der Waals surface area contributed by atoms with Crippen molar-refractivity contribution in [2.24, 2.45) is 0 Å². The number of carbonyl (C=O) groups excluding carboxylic acids is 1. The highest BCUT2D eigenvalue weighted by Gasteiger charge is 2.14. The quantitative estimate of drug-likeness (QED) is 0.274. The Morgan fingerprint density at radius 1 is 0.944 bits per heavy atom. The summed E-state index contributed by atoms with van der Waals surface area (Å²) >= 11 is 0. The Morgan fingerprint density at radius 2 is 1.72 bits per heavy atom. The number of aromatic nitrogens is 2. The van der Waals surface area contributed by atoms with Crippen molar-refractivity contribution in [1.29, 1.82) is 0 Å². The molecule has 0 radical (unpaired) electrons. The Morgan fingerprint density at radius 3 is 2.47 bits per heavy atom. The first-order chi connectivity index (χ1) is 17.3. The van der Waals surface area contributed by atoms with Gasteiger partial charge in [0.1, 0.15) is 17.3 Å². The van der Waals surface area contributed by atoms with Crippen molar-refractivity contribution < 1.29 is 14.3 Å². The molecule has 0 aliphatic rings. The van der Waals surface area contributed by atoms with Crippen LogP contribution in [0.4, 0.5) is 0 Å². The number of carbonyl (C=O) groups is 1. The summed E-state index contributed by atoms with van der Waals surface area (Å²) in [6.07, 6.45) is 1.86. The molecule has 36 heavy (non-hydrogen) atoms. The van der Waals surface area contributed by atoms with E-state index in [2.05, 4.69) is 48.9 Å². The number of nitrogens with one attached hydrogen (secondary N) is 1. The normalized spacial score (nSPS) is 11.4. The van der Waals surface area contributed by atoms with Gasteiger partial charge in [0.05, 0.1) is 31.3 Å². The lowest BCUT2D eigenvalue weighted by Gasteiger charge is -2.19. The molecule has 188 valence electrons. The molecule has 6 heteroatoms. The lowest BCUT2D eigenvalue weighted by molar-refractivity contribution is 0.0949. The molecule has 6 nitrogen and oxygen atoms in total. The molecule has 4 aromatic rings. The average Bonchev–Trinajstić information content (AvgIpc) is 3.24. The standard InChI is InChI=1S/C30H35N3O3/c1-30(2,3)23-14-16-24(17-15-23)36-19-8-7-18-33-27-13-6-5-12-26(27)32-28(33)21-31-29(34)22-10-9-11-25(20-22)35-4/h5-6,9-17,20H,7-8,18-19,21H2,1-4H3,(H,31,34). The number of amides is 1. The zero-order chi connectivity index (χ0) is 25.5. The van der Waals surface area contributed by atoms with Crippen LogP contribution in [0.1, 0.15) is 55.4 Å². The summed E-state index contributed by atoms with van der Waals surface area (Å²) in [7, 11) is 1.59. The van der Waals surface area contributed by atoms with Gasteiger partial charge in [-0.1, -0.05) is 51.1 Å². The van der Waals surface area contributed by atoms with Gasteiger partial charge in [-0.3, -0.25) is 4.79 Å². The Labute approximate surface area is 213 Å². The number of para-hydroxylation sites is 2. The molecule has 0 saturated heterocycles. The molecular weight excluding hydrogens is 450 g/mol. The second-order valence-corrected chi connectivity index (χ2v) is 9.91. The fourth-order valence-electron chi connectivity index (χ4n) is 4.15. The topological polar surface area (TPSA) is 65.4 Å². The van der Waals surface area contributed by atoms with Gasteiger partial charge in [-0.15, -0.1) is 0 Å². The minimum atomic E-state index is -0.154. The van der Waals surface area contributed by atoms with E-state index >= 15 is 0 Å². The van der Waals surface area contributed by atoms with Gasteiger partial charge in [0.15, 0.2) is 0 Å². The molecule has 0 saturated carbocycles. The summed E-state index contributed by atoms with van der Waals surface area (Å²) in [5.41, 5.74) is 4.00. The van der Waals surface area contributed by atoms with Gasteiger partial charge in [-0.05, 0) is 66.3 Å². The predicted molar refractivity (Wildman–Crippen MR) is 144 cm³/mol. The first-order valence-corrected chi connectivity index (χ1v) is 12.4. The summed E-state index contributed by atoms with van der Waals surface area (Å²) in [6.45, 7) is 8.44. The number of imidazole rings is 1. The zero-order valence-corrected chi connectivity index (χ0v) is 21.6. The van der Waals surface area contributed by atoms with Crippen LogP contribution in [0.5, 0.6) is 11.5 Å². The highest BCUT2D eigenvalue weighted by Crippen LogP contribution is 2.24. The molecule has 0 fully saturated rings. The number of ether oxygens (including phenoxy) is 2. The highest BCUT2D eigenvalue weighted by atomic mass is 16.5. The number of aryl methyl sites for hydroxylation is 1. The van der Waals surface area contributed by atoms with E-state index in [1.807, 2.05) is 42.5 Å². The van der Waals surface area contributed by atoms with Crippen molar-refractivity contribution >= 4 is 16.9 Å². The third kappa shape index (κ3) is 6.25. The molecule has 3 aromatic carbocycles. The molecule has 1 amide bonds. The molecule has 4 rings (SSSR count). The lowest BCUT2D eigenvalue weighted by Crippen LogP contribution is -2.24. The minimum Gasteiger partial charge on any atom is -0.497 e. The summed E-state index contributed by atoms with van der Waals surface area (Å²) < 4.78 is 13.4. The number of nitrogens with zero attached hydrogens (tertiary/aromatic N) is 2. The SMILES string of the molecule is COc1cccc(C(=O)NCc2nc3ccccc3n2CCCCOc2ccc(C(C)(C)C)cc2)c1. The van der Waals surface area contributed by atoms with Crippen molar-refractivity contribution in [2.45, 2.75) is 52.1 Å². The van der Waals surface area contributed by atoms with Gasteiger partial charge < -0.3 is 19.4 Å². The second-order valence-electron chi connectivity index (χ2n) is 9.91. The smallest absolute Gasteiger partial charge is 0.251 e. The van der Waals surface area contributed by atoms with Crippen LogP contribution >= 0.6 is 0 Å². The molecule has 0 bridgehead atoms. The number of hydrogen-bond donors (Lipinski definition) is 1. The Bertz CT molecular complexity index is 1300. The predicted octanol–water partition coefficient (Wildman–Crippen LogP) is 6.13. The maximum Gasteiger partial charge on any atom is 0.251 e. The maximum atomic E-state index is 12.7. The van der Waals surface area contributed by atoms with Crippen LogP contribution in [-0.2, 0) is 18.5 Å². The van der Waals surface area contributed by atoms with E-state index in [4.69, 9.17) is 14.5 Å². The zero-order valence-electron chi connectivity index (χ0n) is 21.6. The van der Waals surface area contributed by atoms with E-state index < -0.39 is 0 Å². The summed E-state index contributed by atoms with van der Waals surface area (Å²) in [4.78, 5) is 17.5. The molecule has 1 N–H and O–H groups in total. The van der Waals surface area contributed by atoms with Gasteiger partial charge >= 0.3 is 0 Å². The van der Waals surface area contributed by atoms with E-state index in [9.17, 15) is 4.79 Å². The Kier molecular flexibility index (Phi) is 7.93. The lowest BCUT2D eigenvalue weighted by atomic mass is 9.87. The summed E-state index contributed by atoms with van der Waals surface area (Å²) in [6, 6.07) is 23.6. The van der Waals surface area contributed by atoms with Gasteiger partial charge in [0.25, 0.3) is 5.91 Å². The highest BCUT2D eigenvalue weighted by molar-refractivity contribution is 5.94. The monoisotopic (exact) mass is 485 g/mol. The first-order valence-electron chi connectivity index (χ1n) is 12.4. The molecular formula is C30H35N3O3. The van der Waals surface area contributed by atoms with E-state index in [0.29, 0.717) is 24.5 Å². The van der Waals surface area contributed by atoms with E-state index in [1.54, 1.807) is 19.2 Å². The Hall–Kier alpha value is -3.80. The third-order valence-electron chi connectivity index (χ3n) is 6.24. The first kappa shape index (κ1) is 25.3. The van der Waals surface area contributed by atoms with Crippen molar-refractivity contribution in [3.8, 4) is 11.5 Å². The molecule has 0 unspecified atom stereocenters. The molecule has 1 aromatic heterocycles. The van der Waals surface area contributed by atoms with Crippen LogP contribution in [0.15, 0.2) is 72.8 Å². The summed E-state index contributed by atoms with van der Waals surface area (Å²) in [5.74, 6) is 2.24. The van der Waals surface area contributed by atoms with Crippen LogP contribution < -0.4 is 14.8 Å². The molecule has 1 heterocycles. The van der Waals surface area contributed by atoms with Gasteiger partial charge in [0.2, 0.25) is 0 Å². The largest absolute Gasteiger partial charge is 0.497 e. The minimum absolute atomic E-state index is 0.136. The Balaban J connectivity index is 1.34. The number of unbranched alkanes of at least 4 members (excludes halogenated alkanes) is 1. The third-order valence-corrected chi connectivity index (χ3v) is 6.24. The second kappa shape index (κ2) is 11.3. The van der Waals surface area contributed by atoms with Gasteiger partial charge in [-0.25, -0.2) is 4.98 Å². The number of fused-ring (bicyclic) bond motifs is 1. The van der Waals surface area contributed by atoms with Crippen LogP contribution in [0.3, 0.4) is 0 Å². The maximum absolute atomic E-state index is 12.7. The number of methoxy groups -OCH3 is 1. The van der Waals surface area contributed by atoms with Crippen LogP contribution in [0.2, 0.25) is 0 Å². The van der Waals surface area contributed by atoms with Crippen molar-refractivity contribution in [3.05, 3.63) is 89.7 Å². The fourth-order valence-corrected chi connectivity index (χ4v) is 4.15. The van der Waals surface area contributed by atoms with Gasteiger partial charge in [0, 0.05) is 12.1 Å².